The maximum Gasteiger partial charge on any atom is 0.336 e. The first-order valence-corrected chi connectivity index (χ1v) is 13.2. The molecule has 38 heavy (non-hydrogen) atoms. The molecule has 3 atom stereocenters. The van der Waals surface area contributed by atoms with Gasteiger partial charge in [-0.2, -0.15) is 0 Å². The van der Waals surface area contributed by atoms with Crippen molar-refractivity contribution < 1.29 is 28.5 Å². The Morgan fingerprint density at radius 3 is 2.42 bits per heavy atom. The van der Waals surface area contributed by atoms with E-state index in [0.29, 0.717) is 54.6 Å². The fourth-order valence-corrected chi connectivity index (χ4v) is 5.46. The van der Waals surface area contributed by atoms with E-state index in [1.54, 1.807) is 14.2 Å². The molecular weight excluding hydrogens is 482 g/mol. The van der Waals surface area contributed by atoms with E-state index in [2.05, 4.69) is 0 Å². The molecule has 1 aliphatic heterocycles. The summed E-state index contributed by atoms with van der Waals surface area (Å²) in [6.45, 7) is 8.50. The molecule has 1 fully saturated rings. The van der Waals surface area contributed by atoms with Gasteiger partial charge in [0.25, 0.3) is 0 Å². The molecule has 7 heteroatoms. The van der Waals surface area contributed by atoms with Crippen LogP contribution in [0.25, 0.3) is 0 Å². The third-order valence-electron chi connectivity index (χ3n) is 7.16. The van der Waals surface area contributed by atoms with Crippen LogP contribution < -0.4 is 14.2 Å². The number of methoxy groups -OCH3 is 2. The Bertz CT molecular complexity index is 1260. The monoisotopic (exact) mass is 519 g/mol. The van der Waals surface area contributed by atoms with E-state index in [1.807, 2.05) is 70.2 Å². The van der Waals surface area contributed by atoms with Gasteiger partial charge in [-0.05, 0) is 55.9 Å². The molecule has 2 aliphatic rings. The Labute approximate surface area is 224 Å². The van der Waals surface area contributed by atoms with Crippen molar-refractivity contribution >= 4 is 17.5 Å². The number of ketones is 1. The van der Waals surface area contributed by atoms with E-state index >= 15 is 0 Å². The maximum atomic E-state index is 13.9. The molecule has 0 radical (unpaired) electrons. The Hall–Kier alpha value is -3.61. The number of hydrogen-bond donors (Lipinski definition) is 0. The van der Waals surface area contributed by atoms with E-state index in [1.165, 1.54) is 0 Å². The van der Waals surface area contributed by atoms with E-state index < -0.39 is 17.8 Å². The van der Waals surface area contributed by atoms with Crippen molar-refractivity contribution in [1.29, 1.82) is 0 Å². The third kappa shape index (κ3) is 5.47. The fraction of sp³-hybridized carbons (Fsp3) is 0.452. The predicted octanol–water partition coefficient (Wildman–Crippen LogP) is 5.88. The van der Waals surface area contributed by atoms with Crippen molar-refractivity contribution in [3.63, 3.8) is 0 Å². The summed E-state index contributed by atoms with van der Waals surface area (Å²) < 4.78 is 22.5. The molecular formula is C31H37NO6. The van der Waals surface area contributed by atoms with Crippen molar-refractivity contribution in [2.45, 2.75) is 52.4 Å². The van der Waals surface area contributed by atoms with Crippen molar-refractivity contribution in [2.75, 3.05) is 27.4 Å². The van der Waals surface area contributed by atoms with Gasteiger partial charge in [-0.3, -0.25) is 9.79 Å². The molecule has 0 amide bonds. The van der Waals surface area contributed by atoms with Crippen LogP contribution in [0.15, 0.2) is 58.7 Å². The smallest absolute Gasteiger partial charge is 0.336 e. The molecule has 0 aromatic heterocycles. The van der Waals surface area contributed by atoms with Crippen LogP contribution in [0.3, 0.4) is 0 Å². The number of para-hydroxylation sites is 1. The molecule has 1 aliphatic carbocycles. The minimum absolute atomic E-state index is 0.0488. The zero-order valence-corrected chi connectivity index (χ0v) is 23.1. The lowest BCUT2D eigenvalue weighted by Gasteiger charge is -2.38. The zero-order valence-electron chi connectivity index (χ0n) is 23.1. The molecule has 1 heterocycles. The molecule has 1 unspecified atom stereocenters. The number of carbonyl (C=O) groups excluding carboxylic acids is 2. The Balaban J connectivity index is 1.78. The normalized spacial score (nSPS) is 21.1. The average molecular weight is 520 g/mol. The summed E-state index contributed by atoms with van der Waals surface area (Å²) in [5.41, 5.74) is 3.61. The summed E-state index contributed by atoms with van der Waals surface area (Å²) in [7, 11) is 3.20. The van der Waals surface area contributed by atoms with Crippen LogP contribution in [0, 0.1) is 11.8 Å². The van der Waals surface area contributed by atoms with Crippen LogP contribution in [-0.4, -0.2) is 44.9 Å². The van der Waals surface area contributed by atoms with Gasteiger partial charge in [0.1, 0.15) is 11.5 Å². The molecule has 0 bridgehead atoms. The second-order valence-electron chi connectivity index (χ2n) is 10.2. The highest BCUT2D eigenvalue weighted by Gasteiger charge is 2.47. The van der Waals surface area contributed by atoms with Gasteiger partial charge in [0.15, 0.2) is 11.5 Å². The molecule has 7 nitrogen and oxygen atoms in total. The van der Waals surface area contributed by atoms with Crippen molar-refractivity contribution in [3.05, 3.63) is 64.9 Å². The topological polar surface area (TPSA) is 83.4 Å². The number of fused-ring (bicyclic) bond motifs is 1. The first kappa shape index (κ1) is 27.4. The minimum Gasteiger partial charge on any atom is -0.494 e. The van der Waals surface area contributed by atoms with E-state index in [0.717, 1.165) is 16.8 Å². The van der Waals surface area contributed by atoms with Crippen LogP contribution in [0.4, 0.5) is 0 Å². The summed E-state index contributed by atoms with van der Waals surface area (Å²) in [5.74, 6) is 0.609. The third-order valence-corrected chi connectivity index (χ3v) is 7.16. The molecule has 2 aromatic rings. The predicted molar refractivity (Wildman–Crippen MR) is 146 cm³/mol. The Kier molecular flexibility index (Phi) is 8.55. The number of carbonyl (C=O) groups is 2. The van der Waals surface area contributed by atoms with Crippen molar-refractivity contribution in [1.82, 2.24) is 0 Å². The first-order valence-electron chi connectivity index (χ1n) is 13.2. The first-order chi connectivity index (χ1) is 18.3. The summed E-state index contributed by atoms with van der Waals surface area (Å²) >= 11 is 0. The van der Waals surface area contributed by atoms with Crippen LogP contribution in [0.2, 0.25) is 0 Å². The number of aliphatic imine (C=N–C) groups is 1. The number of ether oxygens (including phenoxy) is 4. The Morgan fingerprint density at radius 2 is 1.74 bits per heavy atom. The van der Waals surface area contributed by atoms with Crippen LogP contribution in [0.5, 0.6) is 17.2 Å². The van der Waals surface area contributed by atoms with Gasteiger partial charge in [0, 0.05) is 29.3 Å². The fourth-order valence-electron chi connectivity index (χ4n) is 5.46. The molecule has 202 valence electrons. The van der Waals surface area contributed by atoms with Gasteiger partial charge in [-0.25, -0.2) is 4.79 Å². The van der Waals surface area contributed by atoms with Gasteiger partial charge in [-0.1, -0.05) is 38.1 Å². The highest BCUT2D eigenvalue weighted by molar-refractivity contribution is 6.12. The van der Waals surface area contributed by atoms with E-state index in [9.17, 15) is 9.59 Å². The molecule has 4 rings (SSSR count). The van der Waals surface area contributed by atoms with E-state index in [4.69, 9.17) is 23.9 Å². The quantitative estimate of drug-likeness (QED) is 0.385. The van der Waals surface area contributed by atoms with Gasteiger partial charge >= 0.3 is 5.97 Å². The number of rotatable bonds is 9. The molecule has 0 N–H and O–H groups in total. The molecule has 0 saturated heterocycles. The van der Waals surface area contributed by atoms with Gasteiger partial charge in [-0.15, -0.1) is 0 Å². The second kappa shape index (κ2) is 11.8. The number of nitrogens with zero attached hydrogens (tertiary/aromatic N) is 1. The van der Waals surface area contributed by atoms with Crippen molar-refractivity contribution in [2.24, 2.45) is 16.8 Å². The highest BCUT2D eigenvalue weighted by Crippen LogP contribution is 2.48. The highest BCUT2D eigenvalue weighted by atomic mass is 16.5. The summed E-state index contributed by atoms with van der Waals surface area (Å²) in [5, 5.41) is 0. The molecule has 1 saturated carbocycles. The zero-order chi connectivity index (χ0) is 27.4. The lowest BCUT2D eigenvalue weighted by molar-refractivity contribution is -0.140. The number of hydrogen-bond acceptors (Lipinski definition) is 7. The van der Waals surface area contributed by atoms with Gasteiger partial charge in [0.05, 0.1) is 38.9 Å². The van der Waals surface area contributed by atoms with Crippen LogP contribution >= 0.6 is 0 Å². The number of Topliss-reactive ketones (excluding diaryl/α,β-unsaturated/α-hetero) is 1. The average Bonchev–Trinajstić information content (AvgIpc) is 2.91. The molecule has 2 aromatic carbocycles. The van der Waals surface area contributed by atoms with Crippen LogP contribution in [0.1, 0.15) is 63.5 Å². The maximum absolute atomic E-state index is 13.9. The van der Waals surface area contributed by atoms with Crippen molar-refractivity contribution in [3.8, 4) is 17.2 Å². The SMILES string of the molecule is CCOc1ccccc1[C@H]1C(C(=O)OCC(C)C)=C(C)N=C2C[C@@H](c3ccc(OC)c(OC)c3)CC(=O)C21. The summed E-state index contributed by atoms with van der Waals surface area (Å²) in [6, 6.07) is 13.4. The van der Waals surface area contributed by atoms with Crippen LogP contribution in [-0.2, 0) is 14.3 Å². The number of esters is 1. The number of benzene rings is 2. The standard InChI is InChI=1S/C31H37NO6/c1-7-37-25-11-9-8-10-22(25)29-28(31(34)38-17-18(2)3)19(4)32-23-14-21(15-24(33)30(23)29)20-12-13-26(35-5)27(16-20)36-6/h8-13,16,18,21,29-30H,7,14-15,17H2,1-6H3/t21-,29+,30?/m1/s1. The number of allylic oxidation sites excluding steroid dienone is 1. The van der Waals surface area contributed by atoms with Gasteiger partial charge < -0.3 is 18.9 Å². The van der Waals surface area contributed by atoms with E-state index in [-0.39, 0.29) is 17.6 Å². The summed E-state index contributed by atoms with van der Waals surface area (Å²) in [6.07, 6.45) is 0.935. The Morgan fingerprint density at radius 1 is 1.00 bits per heavy atom. The summed E-state index contributed by atoms with van der Waals surface area (Å²) in [4.78, 5) is 32.2. The second-order valence-corrected chi connectivity index (χ2v) is 10.2. The molecule has 0 spiro atoms. The lowest BCUT2D eigenvalue weighted by atomic mass is 9.66. The van der Waals surface area contributed by atoms with Gasteiger partial charge in [0.2, 0.25) is 0 Å². The lowest BCUT2D eigenvalue weighted by Crippen LogP contribution is -2.41. The minimum atomic E-state index is -0.557. The largest absolute Gasteiger partial charge is 0.494 e.